The molecular weight excluding hydrogens is 551 g/mol. The van der Waals surface area contributed by atoms with E-state index in [2.05, 4.69) is 20.6 Å². The van der Waals surface area contributed by atoms with Crippen molar-refractivity contribution in [2.45, 2.75) is 6.92 Å². The van der Waals surface area contributed by atoms with Gasteiger partial charge >= 0.3 is 0 Å². The third kappa shape index (κ3) is 7.51. The number of para-hydroxylation sites is 1. The summed E-state index contributed by atoms with van der Waals surface area (Å²) in [5.74, 6) is -0.725. The van der Waals surface area contributed by atoms with Crippen molar-refractivity contribution in [2.75, 3.05) is 67.0 Å². The minimum atomic E-state index is -0.513. The van der Waals surface area contributed by atoms with E-state index in [0.717, 1.165) is 5.69 Å². The standard InChI is InChI=1S/C32H33FN6O4/c1-22-29(32(41)36-25-8-9-30(35-20-25)39(12-13-42-2)27-6-4-3-5-7-27)19-26(21-34-22)37-31(40)23-16-24(33)18-28(17-23)38-10-14-43-15-11-38/h3-9,16-21H,10-15H2,1-2H3,(H,36,41)(H,37,40). The van der Waals surface area contributed by atoms with Crippen molar-refractivity contribution in [2.24, 2.45) is 0 Å². The van der Waals surface area contributed by atoms with Gasteiger partial charge in [0.15, 0.2) is 0 Å². The molecule has 0 bridgehead atoms. The molecule has 222 valence electrons. The van der Waals surface area contributed by atoms with Gasteiger partial charge in [0, 0.05) is 43.7 Å². The first-order chi connectivity index (χ1) is 20.9. The van der Waals surface area contributed by atoms with E-state index in [1.165, 1.54) is 18.3 Å². The van der Waals surface area contributed by atoms with Gasteiger partial charge in [-0.15, -0.1) is 0 Å². The number of anilines is 5. The minimum Gasteiger partial charge on any atom is -0.383 e. The number of pyridine rings is 2. The number of nitrogens with one attached hydrogen (secondary N) is 2. The van der Waals surface area contributed by atoms with Crippen LogP contribution in [0.5, 0.6) is 0 Å². The van der Waals surface area contributed by atoms with Crippen LogP contribution in [0, 0.1) is 12.7 Å². The van der Waals surface area contributed by atoms with Gasteiger partial charge in [0.25, 0.3) is 11.8 Å². The molecule has 0 saturated carbocycles. The number of benzene rings is 2. The van der Waals surface area contributed by atoms with Crippen molar-refractivity contribution < 1.29 is 23.5 Å². The van der Waals surface area contributed by atoms with Crippen molar-refractivity contribution in [1.82, 2.24) is 9.97 Å². The van der Waals surface area contributed by atoms with Gasteiger partial charge in [0.2, 0.25) is 0 Å². The Morgan fingerprint density at radius 2 is 1.70 bits per heavy atom. The van der Waals surface area contributed by atoms with E-state index < -0.39 is 17.6 Å². The summed E-state index contributed by atoms with van der Waals surface area (Å²) in [6.45, 7) is 5.13. The number of aryl methyl sites for hydroxylation is 1. The first-order valence-corrected chi connectivity index (χ1v) is 13.9. The predicted molar refractivity (Wildman–Crippen MR) is 164 cm³/mol. The van der Waals surface area contributed by atoms with E-state index in [9.17, 15) is 14.0 Å². The number of aromatic nitrogens is 2. The summed E-state index contributed by atoms with van der Waals surface area (Å²) in [5.41, 5.74) is 3.31. The highest BCUT2D eigenvalue weighted by atomic mass is 19.1. The van der Waals surface area contributed by atoms with Crippen molar-refractivity contribution in [1.29, 1.82) is 0 Å². The zero-order chi connectivity index (χ0) is 30.2. The zero-order valence-corrected chi connectivity index (χ0v) is 24.0. The van der Waals surface area contributed by atoms with Crippen LogP contribution < -0.4 is 20.4 Å². The van der Waals surface area contributed by atoms with E-state index in [0.29, 0.717) is 68.0 Å². The summed E-state index contributed by atoms with van der Waals surface area (Å²) in [6, 6.07) is 19.2. The predicted octanol–water partition coefficient (Wildman–Crippen LogP) is 5.05. The molecule has 0 atom stereocenters. The fourth-order valence-electron chi connectivity index (χ4n) is 4.73. The molecule has 0 radical (unpaired) electrons. The number of hydrogen-bond acceptors (Lipinski definition) is 8. The maximum absolute atomic E-state index is 14.4. The van der Waals surface area contributed by atoms with Gasteiger partial charge in [0.1, 0.15) is 11.6 Å². The molecule has 1 aliphatic heterocycles. The Balaban J connectivity index is 1.28. The van der Waals surface area contributed by atoms with Gasteiger partial charge in [-0.25, -0.2) is 9.37 Å². The maximum atomic E-state index is 14.4. The number of amides is 2. The fourth-order valence-corrected chi connectivity index (χ4v) is 4.73. The molecule has 10 nitrogen and oxygen atoms in total. The third-order valence-corrected chi connectivity index (χ3v) is 6.98. The molecule has 3 heterocycles. The molecule has 1 aliphatic rings. The van der Waals surface area contributed by atoms with Crippen LogP contribution in [0.15, 0.2) is 79.1 Å². The average molecular weight is 585 g/mol. The van der Waals surface area contributed by atoms with Crippen LogP contribution in [-0.4, -0.2) is 68.3 Å². The third-order valence-electron chi connectivity index (χ3n) is 6.98. The lowest BCUT2D eigenvalue weighted by atomic mass is 10.1. The van der Waals surface area contributed by atoms with E-state index in [1.807, 2.05) is 46.2 Å². The lowest BCUT2D eigenvalue weighted by Crippen LogP contribution is -2.36. The van der Waals surface area contributed by atoms with Crippen molar-refractivity contribution in [3.8, 4) is 0 Å². The molecule has 2 aromatic heterocycles. The lowest BCUT2D eigenvalue weighted by Gasteiger charge is -2.29. The summed E-state index contributed by atoms with van der Waals surface area (Å²) in [7, 11) is 1.65. The molecule has 0 unspecified atom stereocenters. The topological polar surface area (TPSA) is 109 Å². The molecule has 1 saturated heterocycles. The highest BCUT2D eigenvalue weighted by Gasteiger charge is 2.18. The molecule has 43 heavy (non-hydrogen) atoms. The summed E-state index contributed by atoms with van der Waals surface area (Å²) in [4.78, 5) is 39.1. The zero-order valence-electron chi connectivity index (χ0n) is 24.0. The van der Waals surface area contributed by atoms with Crippen LogP contribution in [0.25, 0.3) is 0 Å². The number of rotatable bonds is 10. The number of nitrogens with zero attached hydrogens (tertiary/aromatic N) is 4. The fraction of sp³-hybridized carbons (Fsp3) is 0.250. The van der Waals surface area contributed by atoms with Crippen LogP contribution in [0.1, 0.15) is 26.4 Å². The molecule has 2 N–H and O–H groups in total. The lowest BCUT2D eigenvalue weighted by molar-refractivity contribution is 0.101. The van der Waals surface area contributed by atoms with Crippen LogP contribution in [0.3, 0.4) is 0 Å². The second-order valence-corrected chi connectivity index (χ2v) is 9.95. The summed E-state index contributed by atoms with van der Waals surface area (Å²) in [5, 5.41) is 5.58. The Hall–Kier alpha value is -4.87. The smallest absolute Gasteiger partial charge is 0.257 e. The molecule has 2 aromatic carbocycles. The number of hydrogen-bond donors (Lipinski definition) is 2. The number of ether oxygens (including phenoxy) is 2. The Kier molecular flexibility index (Phi) is 9.55. The largest absolute Gasteiger partial charge is 0.383 e. The summed E-state index contributed by atoms with van der Waals surface area (Å²) in [6.07, 6.45) is 3.04. The highest BCUT2D eigenvalue weighted by Crippen LogP contribution is 2.25. The summed E-state index contributed by atoms with van der Waals surface area (Å²) < 4.78 is 25.0. The monoisotopic (exact) mass is 584 g/mol. The van der Waals surface area contributed by atoms with Gasteiger partial charge in [-0.1, -0.05) is 18.2 Å². The van der Waals surface area contributed by atoms with Gasteiger partial charge in [-0.3, -0.25) is 14.6 Å². The van der Waals surface area contributed by atoms with Crippen LogP contribution in [-0.2, 0) is 9.47 Å². The van der Waals surface area contributed by atoms with Gasteiger partial charge in [-0.2, -0.15) is 0 Å². The Labute approximate surface area is 249 Å². The molecular formula is C32H33FN6O4. The van der Waals surface area contributed by atoms with Crippen LogP contribution in [0.4, 0.5) is 33.0 Å². The molecule has 11 heteroatoms. The van der Waals surface area contributed by atoms with E-state index in [-0.39, 0.29) is 11.1 Å². The summed E-state index contributed by atoms with van der Waals surface area (Å²) >= 11 is 0. The van der Waals surface area contributed by atoms with E-state index in [1.54, 1.807) is 38.4 Å². The van der Waals surface area contributed by atoms with Crippen LogP contribution >= 0.6 is 0 Å². The number of morpholine rings is 1. The normalized spacial score (nSPS) is 13.0. The Bertz CT molecular complexity index is 1560. The van der Waals surface area contributed by atoms with Gasteiger partial charge in [0.05, 0.1) is 54.8 Å². The molecule has 2 amide bonds. The number of carbonyl (C=O) groups excluding carboxylic acids is 2. The maximum Gasteiger partial charge on any atom is 0.257 e. The van der Waals surface area contributed by atoms with E-state index >= 15 is 0 Å². The average Bonchev–Trinajstić information content (AvgIpc) is 3.03. The second-order valence-electron chi connectivity index (χ2n) is 9.95. The SMILES string of the molecule is COCCN(c1ccccc1)c1ccc(NC(=O)c2cc(NC(=O)c3cc(F)cc(N4CCOCC4)c3)cnc2C)cn1. The van der Waals surface area contributed by atoms with Crippen molar-refractivity contribution in [3.63, 3.8) is 0 Å². The number of carbonyl (C=O) groups is 2. The Morgan fingerprint density at radius 1 is 0.953 bits per heavy atom. The van der Waals surface area contributed by atoms with Crippen molar-refractivity contribution in [3.05, 3.63) is 102 Å². The molecule has 5 rings (SSSR count). The van der Waals surface area contributed by atoms with Crippen LogP contribution in [0.2, 0.25) is 0 Å². The van der Waals surface area contributed by atoms with E-state index in [4.69, 9.17) is 9.47 Å². The van der Waals surface area contributed by atoms with Crippen molar-refractivity contribution >= 4 is 40.4 Å². The number of halogens is 1. The molecule has 0 spiro atoms. The first kappa shape index (κ1) is 29.6. The Morgan fingerprint density at radius 3 is 2.42 bits per heavy atom. The molecule has 1 fully saturated rings. The minimum absolute atomic E-state index is 0.161. The first-order valence-electron chi connectivity index (χ1n) is 13.9. The molecule has 4 aromatic rings. The highest BCUT2D eigenvalue weighted by molar-refractivity contribution is 6.08. The van der Waals surface area contributed by atoms with Gasteiger partial charge in [-0.05, 0) is 55.5 Å². The quantitative estimate of drug-likeness (QED) is 0.267. The number of methoxy groups -OCH3 is 1. The van der Waals surface area contributed by atoms with Gasteiger partial charge < -0.3 is 29.9 Å². The second kappa shape index (κ2) is 13.9. The molecule has 0 aliphatic carbocycles.